The maximum absolute atomic E-state index is 11.8. The van der Waals surface area contributed by atoms with Crippen LogP contribution < -0.4 is 11.5 Å². The van der Waals surface area contributed by atoms with Crippen LogP contribution in [0.25, 0.3) is 0 Å². The average Bonchev–Trinajstić information content (AvgIpc) is 2.61. The number of aryl methyl sites for hydroxylation is 1. The van der Waals surface area contributed by atoms with E-state index in [1.165, 1.54) is 16.2 Å². The van der Waals surface area contributed by atoms with Gasteiger partial charge in [-0.15, -0.1) is 11.3 Å². The second-order valence-electron chi connectivity index (χ2n) is 3.82. The van der Waals surface area contributed by atoms with Gasteiger partial charge in [0.05, 0.1) is 24.0 Å². The van der Waals surface area contributed by atoms with E-state index >= 15 is 0 Å². The Bertz CT molecular complexity index is 418. The third-order valence-electron chi connectivity index (χ3n) is 2.18. The summed E-state index contributed by atoms with van der Waals surface area (Å²) in [5, 5.41) is 0.947. The molecule has 1 aromatic heterocycles. The van der Waals surface area contributed by atoms with Crippen LogP contribution in [-0.2, 0) is 16.1 Å². The Kier molecular flexibility index (Phi) is 4.59. The summed E-state index contributed by atoms with van der Waals surface area (Å²) in [6.45, 7) is 2.34. The molecule has 0 aliphatic carbocycles. The van der Waals surface area contributed by atoms with Crippen LogP contribution in [0.1, 0.15) is 16.3 Å². The molecule has 17 heavy (non-hydrogen) atoms. The van der Waals surface area contributed by atoms with Crippen molar-refractivity contribution in [3.8, 4) is 0 Å². The van der Waals surface area contributed by atoms with Crippen LogP contribution in [0.3, 0.4) is 0 Å². The number of carbonyl (C=O) groups excluding carboxylic acids is 2. The van der Waals surface area contributed by atoms with Gasteiger partial charge in [0.1, 0.15) is 0 Å². The number of hydrogen-bond donors (Lipinski definition) is 2. The van der Waals surface area contributed by atoms with Gasteiger partial charge in [-0.2, -0.15) is 0 Å². The summed E-state index contributed by atoms with van der Waals surface area (Å²) < 4.78 is 0. The molecule has 0 aromatic carbocycles. The molecule has 0 fully saturated rings. The van der Waals surface area contributed by atoms with Crippen molar-refractivity contribution in [1.29, 1.82) is 0 Å². The molecule has 0 aliphatic heterocycles. The monoisotopic (exact) mass is 256 g/mol. The van der Waals surface area contributed by atoms with Gasteiger partial charge in [0.25, 0.3) is 0 Å². The van der Waals surface area contributed by atoms with Crippen molar-refractivity contribution in [2.45, 2.75) is 25.9 Å². The van der Waals surface area contributed by atoms with Gasteiger partial charge >= 0.3 is 0 Å². The van der Waals surface area contributed by atoms with Crippen molar-refractivity contribution < 1.29 is 9.59 Å². The Morgan fingerprint density at radius 1 is 1.59 bits per heavy atom. The number of rotatable bonds is 5. The highest BCUT2D eigenvalue weighted by Gasteiger charge is 2.20. The van der Waals surface area contributed by atoms with E-state index in [0.717, 1.165) is 9.88 Å². The molecule has 6 nitrogen and oxygen atoms in total. The number of primary amides is 1. The van der Waals surface area contributed by atoms with Crippen LogP contribution in [0.4, 0.5) is 0 Å². The highest BCUT2D eigenvalue weighted by molar-refractivity contribution is 7.11. The number of nitrogens with zero attached hydrogens (tertiary/aromatic N) is 2. The normalized spacial score (nSPS) is 12.2. The molecule has 0 aliphatic rings. The van der Waals surface area contributed by atoms with Crippen LogP contribution >= 0.6 is 11.3 Å². The summed E-state index contributed by atoms with van der Waals surface area (Å²) >= 11 is 1.52. The van der Waals surface area contributed by atoms with Crippen LogP contribution in [0, 0.1) is 6.92 Å². The zero-order valence-electron chi connectivity index (χ0n) is 9.84. The molecule has 2 amide bonds. The highest BCUT2D eigenvalue weighted by Crippen LogP contribution is 2.13. The van der Waals surface area contributed by atoms with E-state index in [2.05, 4.69) is 4.98 Å². The highest BCUT2D eigenvalue weighted by atomic mass is 32.1. The number of nitrogens with two attached hydrogens (primary N) is 2. The summed E-state index contributed by atoms with van der Waals surface area (Å²) in [5.74, 6) is -0.872. The van der Waals surface area contributed by atoms with Gasteiger partial charge < -0.3 is 16.4 Å². The lowest BCUT2D eigenvalue weighted by atomic mass is 10.2. The molecule has 1 atom stereocenters. The fourth-order valence-electron chi connectivity index (χ4n) is 1.38. The molecule has 94 valence electrons. The van der Waals surface area contributed by atoms with Crippen LogP contribution in [0.5, 0.6) is 0 Å². The molecule has 0 bridgehead atoms. The predicted octanol–water partition coefficient (Wildman–Crippen LogP) is -0.387. The number of hydrogen-bond acceptors (Lipinski definition) is 5. The number of thiazole rings is 1. The summed E-state index contributed by atoms with van der Waals surface area (Å²) in [4.78, 5) is 29.0. The fourth-order valence-corrected chi connectivity index (χ4v) is 2.23. The van der Waals surface area contributed by atoms with Crippen LogP contribution in [0.2, 0.25) is 0 Å². The van der Waals surface area contributed by atoms with Gasteiger partial charge in [-0.25, -0.2) is 4.98 Å². The molecule has 1 aromatic rings. The summed E-state index contributed by atoms with van der Waals surface area (Å²) in [6.07, 6.45) is 1.59. The number of carbonyl (C=O) groups is 2. The minimum atomic E-state index is -0.869. The first kappa shape index (κ1) is 13.6. The molecular weight excluding hydrogens is 240 g/mol. The smallest absolute Gasteiger partial charge is 0.240 e. The van der Waals surface area contributed by atoms with Crippen molar-refractivity contribution in [3.63, 3.8) is 0 Å². The zero-order valence-corrected chi connectivity index (χ0v) is 10.7. The number of likely N-dealkylation sites (N-methyl/N-ethyl adjacent to an activating group) is 1. The maximum Gasteiger partial charge on any atom is 0.240 e. The van der Waals surface area contributed by atoms with E-state index in [-0.39, 0.29) is 12.3 Å². The Labute approximate surface area is 104 Å². The number of amides is 2. The summed E-state index contributed by atoms with van der Waals surface area (Å²) in [6, 6.07) is -0.869. The third kappa shape index (κ3) is 4.12. The van der Waals surface area contributed by atoms with E-state index in [0.29, 0.717) is 6.54 Å². The summed E-state index contributed by atoms with van der Waals surface area (Å²) in [5.41, 5.74) is 10.6. The van der Waals surface area contributed by atoms with Gasteiger partial charge in [-0.05, 0) is 6.92 Å². The second-order valence-corrected chi connectivity index (χ2v) is 5.14. The molecule has 7 heteroatoms. The van der Waals surface area contributed by atoms with E-state index in [4.69, 9.17) is 11.5 Å². The van der Waals surface area contributed by atoms with Gasteiger partial charge in [0, 0.05) is 18.1 Å². The number of aromatic nitrogens is 1. The van der Waals surface area contributed by atoms with E-state index in [9.17, 15) is 9.59 Å². The molecule has 4 N–H and O–H groups in total. The molecule has 0 spiro atoms. The zero-order chi connectivity index (χ0) is 13.0. The van der Waals surface area contributed by atoms with Crippen molar-refractivity contribution in [2.24, 2.45) is 11.5 Å². The van der Waals surface area contributed by atoms with E-state index in [1.807, 2.05) is 6.92 Å². The molecule has 1 rings (SSSR count). The molecule has 1 unspecified atom stereocenters. The quantitative estimate of drug-likeness (QED) is 0.749. The van der Waals surface area contributed by atoms with Crippen molar-refractivity contribution >= 4 is 23.2 Å². The Morgan fingerprint density at radius 2 is 2.24 bits per heavy atom. The first-order chi connectivity index (χ1) is 7.90. The minimum absolute atomic E-state index is 0.134. The van der Waals surface area contributed by atoms with Gasteiger partial charge in [-0.1, -0.05) is 0 Å². The first-order valence-corrected chi connectivity index (χ1v) is 5.92. The lowest BCUT2D eigenvalue weighted by Crippen LogP contribution is -2.43. The fraction of sp³-hybridized carbons (Fsp3) is 0.500. The largest absolute Gasteiger partial charge is 0.370 e. The van der Waals surface area contributed by atoms with Crippen molar-refractivity contribution in [3.05, 3.63) is 16.1 Å². The molecule has 0 saturated heterocycles. The van der Waals surface area contributed by atoms with E-state index < -0.39 is 11.9 Å². The molecule has 1 heterocycles. The van der Waals surface area contributed by atoms with Gasteiger partial charge in [0.15, 0.2) is 0 Å². The Balaban J connectivity index is 2.55. The standard InChI is InChI=1S/C10H16N4O2S/c1-6-13-4-7(17-6)5-14(2)10(16)8(11)3-9(12)15/h4,8H,3,5,11H2,1-2H3,(H2,12,15). The molecule has 0 radical (unpaired) electrons. The van der Waals surface area contributed by atoms with Crippen molar-refractivity contribution in [2.75, 3.05) is 7.05 Å². The Morgan fingerprint density at radius 3 is 2.71 bits per heavy atom. The van der Waals surface area contributed by atoms with Crippen molar-refractivity contribution in [1.82, 2.24) is 9.88 Å². The Hall–Kier alpha value is -1.47. The summed E-state index contributed by atoms with van der Waals surface area (Å²) in [7, 11) is 1.64. The lowest BCUT2D eigenvalue weighted by molar-refractivity contribution is -0.133. The molecule has 0 saturated carbocycles. The molecular formula is C10H16N4O2S. The van der Waals surface area contributed by atoms with Gasteiger partial charge in [0.2, 0.25) is 11.8 Å². The topological polar surface area (TPSA) is 102 Å². The van der Waals surface area contributed by atoms with Gasteiger partial charge in [-0.3, -0.25) is 9.59 Å². The van der Waals surface area contributed by atoms with Crippen LogP contribution in [-0.4, -0.2) is 34.8 Å². The van der Waals surface area contributed by atoms with Crippen LogP contribution in [0.15, 0.2) is 6.20 Å². The lowest BCUT2D eigenvalue weighted by Gasteiger charge is -2.19. The minimum Gasteiger partial charge on any atom is -0.370 e. The first-order valence-electron chi connectivity index (χ1n) is 5.10. The maximum atomic E-state index is 11.8. The van der Waals surface area contributed by atoms with E-state index in [1.54, 1.807) is 13.2 Å². The predicted molar refractivity (Wildman–Crippen MR) is 65.1 cm³/mol. The second kappa shape index (κ2) is 5.74. The SMILES string of the molecule is Cc1ncc(CN(C)C(=O)C(N)CC(N)=O)s1. The average molecular weight is 256 g/mol. The third-order valence-corrected chi connectivity index (χ3v) is 3.07.